The van der Waals surface area contributed by atoms with E-state index in [2.05, 4.69) is 140 Å². The third-order valence-electron chi connectivity index (χ3n) is 9.68. The second-order valence-electron chi connectivity index (χ2n) is 12.1. The van der Waals surface area contributed by atoms with Crippen molar-refractivity contribution < 1.29 is 0 Å². The molecule has 0 bridgehead atoms. The van der Waals surface area contributed by atoms with Gasteiger partial charge in [0.25, 0.3) is 0 Å². The normalized spacial score (nSPS) is 11.9. The van der Waals surface area contributed by atoms with Crippen LogP contribution in [-0.4, -0.2) is 9.97 Å². The number of pyridine rings is 2. The minimum Gasteiger partial charge on any atom is -0.256 e. The van der Waals surface area contributed by atoms with E-state index in [0.717, 1.165) is 22.2 Å². The number of aromatic nitrogens is 2. The summed E-state index contributed by atoms with van der Waals surface area (Å²) in [5.74, 6) is 0. The van der Waals surface area contributed by atoms with Crippen LogP contribution < -0.4 is 0 Å². The molecule has 212 valence electrons. The summed E-state index contributed by atoms with van der Waals surface area (Å²) < 4.78 is 0. The number of hydrogen-bond acceptors (Lipinski definition) is 2. The van der Waals surface area contributed by atoms with Crippen LogP contribution in [0.5, 0.6) is 0 Å². The van der Waals surface area contributed by atoms with E-state index in [4.69, 9.17) is 9.97 Å². The first kappa shape index (κ1) is 25.2. The first-order chi connectivity index (χ1) is 22.8. The van der Waals surface area contributed by atoms with Crippen molar-refractivity contribution in [1.29, 1.82) is 0 Å². The predicted octanol–water partition coefficient (Wildman–Crippen LogP) is 11.7. The van der Waals surface area contributed by atoms with Crippen LogP contribution in [0.4, 0.5) is 0 Å². The van der Waals surface area contributed by atoms with E-state index >= 15 is 0 Å². The summed E-state index contributed by atoms with van der Waals surface area (Å²) in [5, 5.41) is 8.62. The lowest BCUT2D eigenvalue weighted by Crippen LogP contribution is -1.91. The lowest BCUT2D eigenvalue weighted by molar-refractivity contribution is 1.35. The summed E-state index contributed by atoms with van der Waals surface area (Å²) >= 11 is 0. The molecule has 0 unspecified atom stereocenters. The molecular formula is C44H26N2. The number of nitrogens with zero attached hydrogens (tertiary/aromatic N) is 2. The Bertz CT molecular complexity index is 2670. The van der Waals surface area contributed by atoms with Crippen molar-refractivity contribution in [1.82, 2.24) is 9.97 Å². The molecule has 1 aliphatic rings. The van der Waals surface area contributed by atoms with Gasteiger partial charge in [-0.25, -0.2) is 0 Å². The Kier molecular flexibility index (Phi) is 5.31. The van der Waals surface area contributed by atoms with E-state index in [1.807, 2.05) is 18.5 Å². The lowest BCUT2D eigenvalue weighted by Gasteiger charge is -2.17. The van der Waals surface area contributed by atoms with E-state index in [1.54, 1.807) is 0 Å². The van der Waals surface area contributed by atoms with Gasteiger partial charge in [-0.15, -0.1) is 0 Å². The van der Waals surface area contributed by atoms with Gasteiger partial charge in [0.1, 0.15) is 0 Å². The average Bonchev–Trinajstić information content (AvgIpc) is 3.46. The second-order valence-corrected chi connectivity index (χ2v) is 12.1. The molecule has 0 N–H and O–H groups in total. The number of fused-ring (bicyclic) bond motifs is 8. The summed E-state index contributed by atoms with van der Waals surface area (Å²) in [5.41, 5.74) is 13.0. The van der Waals surface area contributed by atoms with Crippen LogP contribution in [0.3, 0.4) is 0 Å². The molecule has 2 aromatic heterocycles. The van der Waals surface area contributed by atoms with Gasteiger partial charge in [0.15, 0.2) is 0 Å². The molecular weight excluding hydrogens is 556 g/mol. The van der Waals surface area contributed by atoms with E-state index < -0.39 is 0 Å². The third kappa shape index (κ3) is 3.59. The smallest absolute Gasteiger partial charge is 0.0787 e. The van der Waals surface area contributed by atoms with Gasteiger partial charge in [0.2, 0.25) is 0 Å². The highest BCUT2D eigenvalue weighted by Gasteiger charge is 2.27. The Morgan fingerprint density at radius 1 is 0.348 bits per heavy atom. The molecule has 0 spiro atoms. The third-order valence-corrected chi connectivity index (χ3v) is 9.68. The fourth-order valence-corrected chi connectivity index (χ4v) is 7.65. The van der Waals surface area contributed by atoms with Crippen LogP contribution in [0.1, 0.15) is 0 Å². The highest BCUT2D eigenvalue weighted by molar-refractivity contribution is 6.30. The van der Waals surface area contributed by atoms with Crippen molar-refractivity contribution in [3.8, 4) is 55.8 Å². The van der Waals surface area contributed by atoms with Crippen molar-refractivity contribution in [3.63, 3.8) is 0 Å². The Morgan fingerprint density at radius 2 is 1.04 bits per heavy atom. The summed E-state index contributed by atoms with van der Waals surface area (Å²) in [6.45, 7) is 0. The Morgan fingerprint density at radius 3 is 1.91 bits per heavy atom. The molecule has 2 nitrogen and oxygen atoms in total. The molecule has 0 atom stereocenters. The largest absolute Gasteiger partial charge is 0.256 e. The van der Waals surface area contributed by atoms with Gasteiger partial charge in [-0.1, -0.05) is 115 Å². The highest BCUT2D eigenvalue weighted by atomic mass is 14.7. The van der Waals surface area contributed by atoms with Gasteiger partial charge in [-0.3, -0.25) is 9.97 Å². The van der Waals surface area contributed by atoms with Crippen molar-refractivity contribution in [2.45, 2.75) is 0 Å². The van der Waals surface area contributed by atoms with E-state index in [1.165, 1.54) is 76.8 Å². The van der Waals surface area contributed by atoms with Crippen molar-refractivity contribution in [2.75, 3.05) is 0 Å². The van der Waals surface area contributed by atoms with Gasteiger partial charge < -0.3 is 0 Å². The van der Waals surface area contributed by atoms with Crippen LogP contribution >= 0.6 is 0 Å². The number of benzene rings is 7. The summed E-state index contributed by atoms with van der Waals surface area (Å²) in [6.07, 6.45) is 3.82. The van der Waals surface area contributed by atoms with Gasteiger partial charge in [-0.05, 0) is 85.1 Å². The van der Waals surface area contributed by atoms with Gasteiger partial charge in [-0.2, -0.15) is 0 Å². The van der Waals surface area contributed by atoms with Gasteiger partial charge in [0.05, 0.1) is 11.2 Å². The lowest BCUT2D eigenvalue weighted by atomic mass is 9.86. The molecule has 2 heteroatoms. The molecule has 0 fully saturated rings. The highest BCUT2D eigenvalue weighted by Crippen LogP contribution is 2.53. The molecule has 0 amide bonds. The molecule has 1 aliphatic carbocycles. The summed E-state index contributed by atoms with van der Waals surface area (Å²) in [7, 11) is 0. The van der Waals surface area contributed by atoms with Crippen LogP contribution in [0, 0.1) is 0 Å². The number of rotatable bonds is 3. The zero-order chi connectivity index (χ0) is 30.2. The minimum absolute atomic E-state index is 1.02. The summed E-state index contributed by atoms with van der Waals surface area (Å²) in [4.78, 5) is 9.86. The van der Waals surface area contributed by atoms with Crippen LogP contribution in [-0.2, 0) is 0 Å². The van der Waals surface area contributed by atoms with Crippen LogP contribution in [0.2, 0.25) is 0 Å². The van der Waals surface area contributed by atoms with Gasteiger partial charge in [0, 0.05) is 45.4 Å². The fourth-order valence-electron chi connectivity index (χ4n) is 7.65. The van der Waals surface area contributed by atoms with Gasteiger partial charge >= 0.3 is 0 Å². The molecule has 10 rings (SSSR count). The first-order valence-corrected chi connectivity index (χ1v) is 15.7. The van der Waals surface area contributed by atoms with Crippen molar-refractivity contribution in [2.24, 2.45) is 0 Å². The molecule has 7 aromatic carbocycles. The van der Waals surface area contributed by atoms with E-state index in [0.29, 0.717) is 0 Å². The van der Waals surface area contributed by atoms with Crippen LogP contribution in [0.25, 0.3) is 99.0 Å². The molecule has 0 saturated heterocycles. The monoisotopic (exact) mass is 582 g/mol. The van der Waals surface area contributed by atoms with E-state index in [-0.39, 0.29) is 0 Å². The molecule has 0 saturated carbocycles. The Balaban J connectivity index is 1.37. The molecule has 0 radical (unpaired) electrons. The average molecular weight is 583 g/mol. The minimum atomic E-state index is 1.02. The zero-order valence-corrected chi connectivity index (χ0v) is 24.9. The number of para-hydroxylation sites is 1. The quantitative estimate of drug-likeness (QED) is 0.194. The molecule has 0 aliphatic heterocycles. The fraction of sp³-hybridized carbons (Fsp3) is 0. The zero-order valence-electron chi connectivity index (χ0n) is 24.9. The maximum atomic E-state index is 4.97. The summed E-state index contributed by atoms with van der Waals surface area (Å²) in [6, 6.07) is 52.7. The molecule has 9 aromatic rings. The topological polar surface area (TPSA) is 25.8 Å². The Hall–Kier alpha value is -6.12. The Labute approximate surface area is 266 Å². The maximum absolute atomic E-state index is 4.97. The number of hydrogen-bond donors (Lipinski definition) is 0. The SMILES string of the molecule is c1ccc(-c2ccc3c(c2)c(-c2cccc4cccnc24)cc2c4ccc(-c5ccccc5)c5c4c(cc32)-c2ncccc2-5)cc1. The van der Waals surface area contributed by atoms with Crippen molar-refractivity contribution >= 4 is 43.2 Å². The maximum Gasteiger partial charge on any atom is 0.0787 e. The second kappa shape index (κ2) is 9.69. The van der Waals surface area contributed by atoms with Crippen LogP contribution in [0.15, 0.2) is 158 Å². The molecule has 2 heterocycles. The standard InChI is InChI=1S/C44H26N2/c1-3-10-27(11-4-1)30-18-19-32-36(24-30)39(34-16-7-14-29-15-8-22-45-43(29)34)25-38-33-21-20-31(28-12-5-2-6-13-28)41-35-17-9-23-46-44(35)40(42(33)41)26-37(32)38/h1-26H. The predicted molar refractivity (Wildman–Crippen MR) is 193 cm³/mol. The first-order valence-electron chi connectivity index (χ1n) is 15.7. The molecule has 46 heavy (non-hydrogen) atoms. The van der Waals surface area contributed by atoms with E-state index in [9.17, 15) is 0 Å². The van der Waals surface area contributed by atoms with Crippen molar-refractivity contribution in [3.05, 3.63) is 158 Å².